The van der Waals surface area contributed by atoms with Crippen LogP contribution in [0.5, 0.6) is 0 Å². The fourth-order valence-electron chi connectivity index (χ4n) is 2.83. The molecular formula is C15H22N4O2. The monoisotopic (exact) mass is 290 g/mol. The van der Waals surface area contributed by atoms with Gasteiger partial charge in [0.15, 0.2) is 5.69 Å². The van der Waals surface area contributed by atoms with Gasteiger partial charge in [-0.05, 0) is 32.2 Å². The van der Waals surface area contributed by atoms with E-state index in [1.54, 1.807) is 6.20 Å². The van der Waals surface area contributed by atoms with Crippen LogP contribution in [0.3, 0.4) is 0 Å². The first-order chi connectivity index (χ1) is 10.3. The average Bonchev–Trinajstić information content (AvgIpc) is 3.38. The van der Waals surface area contributed by atoms with Crippen LogP contribution < -0.4 is 10.2 Å². The van der Waals surface area contributed by atoms with Crippen molar-refractivity contribution >= 4 is 11.8 Å². The van der Waals surface area contributed by atoms with Crippen molar-refractivity contribution in [2.75, 3.05) is 25.1 Å². The second-order valence-electron chi connectivity index (χ2n) is 5.78. The molecule has 1 atom stereocenters. The molecule has 1 saturated carbocycles. The molecule has 0 bridgehead atoms. The molecule has 2 aliphatic rings. The van der Waals surface area contributed by atoms with E-state index in [9.17, 15) is 4.79 Å². The molecule has 1 saturated heterocycles. The molecule has 0 spiro atoms. The molecule has 1 N–H and O–H groups in total. The highest BCUT2D eigenvalue weighted by Gasteiger charge is 2.32. The third kappa shape index (κ3) is 3.50. The Balaban J connectivity index is 1.75. The summed E-state index contributed by atoms with van der Waals surface area (Å²) < 4.78 is 4.72. The molecule has 1 unspecified atom stereocenters. The van der Waals surface area contributed by atoms with Gasteiger partial charge in [-0.1, -0.05) is 6.42 Å². The zero-order valence-electron chi connectivity index (χ0n) is 12.4. The summed E-state index contributed by atoms with van der Waals surface area (Å²) in [5, 5.41) is 3.57. The lowest BCUT2D eigenvalue weighted by atomic mass is 10.0. The zero-order valence-corrected chi connectivity index (χ0v) is 12.4. The van der Waals surface area contributed by atoms with Gasteiger partial charge in [-0.15, -0.1) is 0 Å². The van der Waals surface area contributed by atoms with Crippen LogP contribution in [-0.2, 0) is 4.74 Å². The summed E-state index contributed by atoms with van der Waals surface area (Å²) in [6.07, 6.45) is 9.33. The van der Waals surface area contributed by atoms with Gasteiger partial charge in [0, 0.05) is 18.6 Å². The fourth-order valence-corrected chi connectivity index (χ4v) is 2.83. The standard InChI is InChI=1S/C15H22N4O2/c1-21-15(20)13-8-16-9-14(18-13)19(12-5-6-12)10-11-4-2-3-7-17-11/h8-9,11-12,17H,2-7,10H2,1H3. The quantitative estimate of drug-likeness (QED) is 0.826. The van der Waals surface area contributed by atoms with E-state index in [0.717, 1.165) is 18.9 Å². The molecule has 2 fully saturated rings. The Kier molecular flexibility index (Phi) is 4.34. The van der Waals surface area contributed by atoms with Crippen molar-refractivity contribution in [1.29, 1.82) is 0 Å². The Morgan fingerprint density at radius 2 is 2.24 bits per heavy atom. The van der Waals surface area contributed by atoms with Gasteiger partial charge in [0.2, 0.25) is 0 Å². The van der Waals surface area contributed by atoms with E-state index in [1.165, 1.54) is 45.4 Å². The van der Waals surface area contributed by atoms with E-state index in [0.29, 0.717) is 12.1 Å². The van der Waals surface area contributed by atoms with Crippen LogP contribution in [0, 0.1) is 0 Å². The smallest absolute Gasteiger partial charge is 0.358 e. The Morgan fingerprint density at radius 1 is 1.38 bits per heavy atom. The molecule has 1 aromatic rings. The molecule has 0 aromatic carbocycles. The molecular weight excluding hydrogens is 268 g/mol. The maximum absolute atomic E-state index is 11.6. The SMILES string of the molecule is COC(=O)c1cncc(N(CC2CCCCN2)C2CC2)n1. The minimum atomic E-state index is -0.434. The molecule has 0 amide bonds. The lowest BCUT2D eigenvalue weighted by Gasteiger charge is -2.31. The van der Waals surface area contributed by atoms with E-state index in [4.69, 9.17) is 4.74 Å². The predicted octanol–water partition coefficient (Wildman–Crippen LogP) is 1.37. The third-order valence-electron chi connectivity index (χ3n) is 4.13. The predicted molar refractivity (Wildman–Crippen MR) is 79.4 cm³/mol. The van der Waals surface area contributed by atoms with Crippen molar-refractivity contribution in [1.82, 2.24) is 15.3 Å². The summed E-state index contributed by atoms with van der Waals surface area (Å²) in [7, 11) is 1.36. The fraction of sp³-hybridized carbons (Fsp3) is 0.667. The van der Waals surface area contributed by atoms with Crippen molar-refractivity contribution in [3.63, 3.8) is 0 Å². The number of carbonyl (C=O) groups excluding carboxylic acids is 1. The van der Waals surface area contributed by atoms with Gasteiger partial charge in [-0.2, -0.15) is 0 Å². The van der Waals surface area contributed by atoms with Gasteiger partial charge in [-0.25, -0.2) is 9.78 Å². The summed E-state index contributed by atoms with van der Waals surface area (Å²) >= 11 is 0. The number of hydrogen-bond donors (Lipinski definition) is 1. The number of aromatic nitrogens is 2. The second-order valence-corrected chi connectivity index (χ2v) is 5.78. The Bertz CT molecular complexity index is 498. The van der Waals surface area contributed by atoms with Crippen molar-refractivity contribution in [2.24, 2.45) is 0 Å². The van der Waals surface area contributed by atoms with Crippen LogP contribution in [0.25, 0.3) is 0 Å². The van der Waals surface area contributed by atoms with Crippen LogP contribution >= 0.6 is 0 Å². The van der Waals surface area contributed by atoms with E-state index in [2.05, 4.69) is 20.2 Å². The first-order valence-electron chi connectivity index (χ1n) is 7.68. The third-order valence-corrected chi connectivity index (χ3v) is 4.13. The van der Waals surface area contributed by atoms with Crippen LogP contribution in [0.2, 0.25) is 0 Å². The van der Waals surface area contributed by atoms with Gasteiger partial charge in [0.1, 0.15) is 5.82 Å². The van der Waals surface area contributed by atoms with Gasteiger partial charge in [0.05, 0.1) is 19.5 Å². The molecule has 3 rings (SSSR count). The number of hydrogen-bond acceptors (Lipinski definition) is 6. The molecule has 6 nitrogen and oxygen atoms in total. The van der Waals surface area contributed by atoms with E-state index < -0.39 is 5.97 Å². The second kappa shape index (κ2) is 6.39. The topological polar surface area (TPSA) is 67.3 Å². The first kappa shape index (κ1) is 14.3. The van der Waals surface area contributed by atoms with Crippen LogP contribution in [0.15, 0.2) is 12.4 Å². The molecule has 114 valence electrons. The number of nitrogens with one attached hydrogen (secondary N) is 1. The minimum absolute atomic E-state index is 0.275. The van der Waals surface area contributed by atoms with Crippen molar-refractivity contribution in [3.8, 4) is 0 Å². The highest BCUT2D eigenvalue weighted by molar-refractivity contribution is 5.87. The van der Waals surface area contributed by atoms with Gasteiger partial charge >= 0.3 is 5.97 Å². The lowest BCUT2D eigenvalue weighted by molar-refractivity contribution is 0.0593. The number of ether oxygens (including phenoxy) is 1. The Hall–Kier alpha value is -1.69. The molecule has 2 heterocycles. The summed E-state index contributed by atoms with van der Waals surface area (Å²) in [5.41, 5.74) is 0.275. The van der Waals surface area contributed by atoms with Gasteiger partial charge in [-0.3, -0.25) is 4.98 Å². The normalized spacial score (nSPS) is 21.9. The number of carbonyl (C=O) groups is 1. The highest BCUT2D eigenvalue weighted by atomic mass is 16.5. The number of piperidine rings is 1. The molecule has 0 radical (unpaired) electrons. The zero-order chi connectivity index (χ0) is 14.7. The van der Waals surface area contributed by atoms with Crippen molar-refractivity contribution in [3.05, 3.63) is 18.1 Å². The average molecular weight is 290 g/mol. The minimum Gasteiger partial charge on any atom is -0.464 e. The maximum Gasteiger partial charge on any atom is 0.358 e. The van der Waals surface area contributed by atoms with Crippen LogP contribution in [-0.4, -0.2) is 48.2 Å². The van der Waals surface area contributed by atoms with E-state index >= 15 is 0 Å². The summed E-state index contributed by atoms with van der Waals surface area (Å²) in [6.45, 7) is 2.03. The Morgan fingerprint density at radius 3 is 2.90 bits per heavy atom. The summed E-state index contributed by atoms with van der Waals surface area (Å²) in [6, 6.07) is 1.04. The number of esters is 1. The first-order valence-corrected chi connectivity index (χ1v) is 7.68. The molecule has 6 heteroatoms. The number of anilines is 1. The summed E-state index contributed by atoms with van der Waals surface area (Å²) in [4.78, 5) is 22.5. The Labute approximate surface area is 124 Å². The van der Waals surface area contributed by atoms with Crippen molar-refractivity contribution in [2.45, 2.75) is 44.2 Å². The van der Waals surface area contributed by atoms with Crippen LogP contribution in [0.1, 0.15) is 42.6 Å². The number of methoxy groups -OCH3 is 1. The largest absolute Gasteiger partial charge is 0.464 e. The van der Waals surface area contributed by atoms with E-state index in [-0.39, 0.29) is 5.69 Å². The molecule has 1 aliphatic heterocycles. The molecule has 1 aliphatic carbocycles. The molecule has 1 aromatic heterocycles. The highest BCUT2D eigenvalue weighted by Crippen LogP contribution is 2.31. The molecule has 21 heavy (non-hydrogen) atoms. The number of rotatable bonds is 5. The van der Waals surface area contributed by atoms with Gasteiger partial charge in [0.25, 0.3) is 0 Å². The van der Waals surface area contributed by atoms with E-state index in [1.807, 2.05) is 0 Å². The lowest BCUT2D eigenvalue weighted by Crippen LogP contribution is -2.45. The number of nitrogens with zero attached hydrogens (tertiary/aromatic N) is 3. The maximum atomic E-state index is 11.6. The van der Waals surface area contributed by atoms with Crippen molar-refractivity contribution < 1.29 is 9.53 Å². The van der Waals surface area contributed by atoms with Gasteiger partial charge < -0.3 is 15.0 Å². The summed E-state index contributed by atoms with van der Waals surface area (Å²) in [5.74, 6) is 0.351. The van der Waals surface area contributed by atoms with Crippen LogP contribution in [0.4, 0.5) is 5.82 Å².